The molecule has 0 spiro atoms. The van der Waals surface area contributed by atoms with Gasteiger partial charge in [0.2, 0.25) is 0 Å². The Balaban J connectivity index is 1.34. The molecule has 0 aliphatic carbocycles. The van der Waals surface area contributed by atoms with Gasteiger partial charge in [-0.3, -0.25) is 4.79 Å². The maximum Gasteiger partial charge on any atom is 0.334 e. The van der Waals surface area contributed by atoms with Crippen LogP contribution in [0.25, 0.3) is 11.0 Å². The van der Waals surface area contributed by atoms with E-state index in [-0.39, 0.29) is 19.4 Å². The predicted molar refractivity (Wildman–Crippen MR) is 179 cm³/mol. The van der Waals surface area contributed by atoms with Crippen molar-refractivity contribution in [3.63, 3.8) is 0 Å². The fourth-order valence-corrected chi connectivity index (χ4v) is 6.35. The minimum Gasteiger partial charge on any atom is -0.461 e. The Kier molecular flexibility index (Phi) is 11.4. The number of aliphatic hydroxyl groups is 1. The summed E-state index contributed by atoms with van der Waals surface area (Å²) in [5.74, 6) is 1.47. The highest BCUT2D eigenvalue weighted by atomic mass is 16.6. The largest absolute Gasteiger partial charge is 0.461 e. The molecule has 1 N–H and O–H groups in total. The number of esters is 2. The number of carbonyl (C=O) groups excluding carboxylic acids is 2. The Hall–Kier alpha value is -3.38. The second-order valence-electron chi connectivity index (χ2n) is 14.7. The van der Waals surface area contributed by atoms with Crippen molar-refractivity contribution in [2.24, 2.45) is 17.8 Å². The molecular formula is C39H52O6. The molecule has 244 valence electrons. The number of furan rings is 1. The van der Waals surface area contributed by atoms with Crippen LogP contribution >= 0.6 is 0 Å². The summed E-state index contributed by atoms with van der Waals surface area (Å²) < 4.78 is 17.4. The van der Waals surface area contributed by atoms with Gasteiger partial charge in [-0.25, -0.2) is 4.79 Å². The van der Waals surface area contributed by atoms with E-state index in [1.165, 1.54) is 16.7 Å². The van der Waals surface area contributed by atoms with Gasteiger partial charge >= 0.3 is 11.9 Å². The molecule has 3 aromatic rings. The molecule has 0 unspecified atom stereocenters. The SMILES string of the molecule is Cc1ccc(CCc2ccc3oc(C(C)(C)CC(=O)OC[C@]4(CO)C/C(=C\CC(CC(C)C)CC(C)C)C(=O)O4)cc3c2)cc1. The lowest BCUT2D eigenvalue weighted by Gasteiger charge is -2.26. The Morgan fingerprint density at radius 2 is 1.64 bits per heavy atom. The molecule has 1 fully saturated rings. The summed E-state index contributed by atoms with van der Waals surface area (Å²) in [6.07, 6.45) is 7.15. The van der Waals surface area contributed by atoms with E-state index >= 15 is 0 Å². The highest BCUT2D eigenvalue weighted by Crippen LogP contribution is 2.35. The van der Waals surface area contributed by atoms with Gasteiger partial charge in [-0.1, -0.05) is 83.5 Å². The summed E-state index contributed by atoms with van der Waals surface area (Å²) >= 11 is 0. The van der Waals surface area contributed by atoms with Crippen LogP contribution in [0.5, 0.6) is 0 Å². The smallest absolute Gasteiger partial charge is 0.334 e. The average Bonchev–Trinajstić information content (AvgIpc) is 3.55. The van der Waals surface area contributed by atoms with Crippen molar-refractivity contribution in [1.82, 2.24) is 0 Å². The van der Waals surface area contributed by atoms with Crippen LogP contribution in [0.2, 0.25) is 0 Å². The summed E-state index contributed by atoms with van der Waals surface area (Å²) in [6.45, 7) is 14.3. The van der Waals surface area contributed by atoms with Crippen LogP contribution in [0, 0.1) is 24.7 Å². The van der Waals surface area contributed by atoms with E-state index in [4.69, 9.17) is 13.9 Å². The van der Waals surface area contributed by atoms with Crippen LogP contribution in [0.15, 0.2) is 64.6 Å². The third-order valence-corrected chi connectivity index (χ3v) is 8.83. The number of aliphatic hydroxyl groups excluding tert-OH is 1. The van der Waals surface area contributed by atoms with Gasteiger partial charge in [0.05, 0.1) is 13.0 Å². The quantitative estimate of drug-likeness (QED) is 0.136. The zero-order chi connectivity index (χ0) is 32.8. The maximum absolute atomic E-state index is 13.0. The van der Waals surface area contributed by atoms with Gasteiger partial charge < -0.3 is 19.0 Å². The third kappa shape index (κ3) is 9.56. The van der Waals surface area contributed by atoms with Gasteiger partial charge in [-0.05, 0) is 86.1 Å². The van der Waals surface area contributed by atoms with Gasteiger partial charge in [-0.15, -0.1) is 0 Å². The number of carbonyl (C=O) groups is 2. The number of rotatable bonds is 15. The van der Waals surface area contributed by atoms with Crippen LogP contribution in [0.1, 0.15) is 96.1 Å². The monoisotopic (exact) mass is 616 g/mol. The first-order valence-corrected chi connectivity index (χ1v) is 16.5. The van der Waals surface area contributed by atoms with Crippen molar-refractivity contribution in [2.75, 3.05) is 13.2 Å². The predicted octanol–water partition coefficient (Wildman–Crippen LogP) is 8.44. The molecule has 0 radical (unpaired) electrons. The molecule has 1 saturated heterocycles. The molecule has 1 aromatic heterocycles. The minimum absolute atomic E-state index is 0.0807. The number of aryl methyl sites for hydroxylation is 3. The number of hydrogen-bond acceptors (Lipinski definition) is 6. The Labute approximate surface area is 269 Å². The average molecular weight is 617 g/mol. The van der Waals surface area contributed by atoms with E-state index in [1.54, 1.807) is 0 Å². The van der Waals surface area contributed by atoms with Crippen molar-refractivity contribution < 1.29 is 28.6 Å². The molecule has 6 heteroatoms. The standard InChI is InChI=1S/C39H52O6/c1-26(2)18-31(19-27(3)4)14-16-32-22-39(24-40,45-37(32)42)25-43-36(41)23-38(6,7)35-21-33-20-30(15-17-34(33)44-35)13-12-29-10-8-28(5)9-11-29/h8-11,15-17,20-21,26-27,31,40H,12-14,18-19,22-25H2,1-7H3/b32-16+/t39-/m1/s1. The highest BCUT2D eigenvalue weighted by Gasteiger charge is 2.45. The molecule has 1 aliphatic heterocycles. The summed E-state index contributed by atoms with van der Waals surface area (Å²) in [6, 6.07) is 16.9. The Morgan fingerprint density at radius 3 is 2.29 bits per heavy atom. The van der Waals surface area contributed by atoms with Gasteiger partial charge in [0.1, 0.15) is 18.0 Å². The molecule has 1 aliphatic rings. The van der Waals surface area contributed by atoms with Crippen LogP contribution in [-0.2, 0) is 37.3 Å². The fraction of sp³-hybridized carbons (Fsp3) is 0.538. The van der Waals surface area contributed by atoms with E-state index in [2.05, 4.69) is 71.0 Å². The molecule has 2 heterocycles. The van der Waals surface area contributed by atoms with Crippen LogP contribution in [0.3, 0.4) is 0 Å². The third-order valence-electron chi connectivity index (χ3n) is 8.83. The summed E-state index contributed by atoms with van der Waals surface area (Å²) in [5.41, 5.74) is 3.28. The molecule has 0 bridgehead atoms. The lowest BCUT2D eigenvalue weighted by molar-refractivity contribution is -0.166. The minimum atomic E-state index is -1.25. The fourth-order valence-electron chi connectivity index (χ4n) is 6.35. The lowest BCUT2D eigenvalue weighted by Crippen LogP contribution is -2.39. The zero-order valence-corrected chi connectivity index (χ0v) is 28.3. The van der Waals surface area contributed by atoms with Crippen molar-refractivity contribution in [1.29, 1.82) is 0 Å². The first kappa shape index (κ1) is 34.5. The van der Waals surface area contributed by atoms with Crippen LogP contribution < -0.4 is 0 Å². The molecule has 0 amide bonds. The molecule has 4 rings (SSSR count). The van der Waals surface area contributed by atoms with Gasteiger partial charge in [0.15, 0.2) is 5.60 Å². The number of cyclic esters (lactones) is 1. The van der Waals surface area contributed by atoms with E-state index in [0.29, 0.717) is 29.1 Å². The molecule has 2 aromatic carbocycles. The second-order valence-corrected chi connectivity index (χ2v) is 14.7. The summed E-state index contributed by atoms with van der Waals surface area (Å²) in [5, 5.41) is 11.2. The van der Waals surface area contributed by atoms with E-state index in [1.807, 2.05) is 32.1 Å². The van der Waals surface area contributed by atoms with E-state index in [9.17, 15) is 14.7 Å². The number of benzene rings is 2. The Bertz CT molecular complexity index is 1460. The summed E-state index contributed by atoms with van der Waals surface area (Å²) in [7, 11) is 0. The highest BCUT2D eigenvalue weighted by molar-refractivity contribution is 5.91. The van der Waals surface area contributed by atoms with Crippen LogP contribution in [-0.4, -0.2) is 35.9 Å². The van der Waals surface area contributed by atoms with Crippen molar-refractivity contribution in [2.45, 2.75) is 104 Å². The topological polar surface area (TPSA) is 86.0 Å². The van der Waals surface area contributed by atoms with Crippen molar-refractivity contribution in [3.05, 3.63) is 82.6 Å². The van der Waals surface area contributed by atoms with Crippen molar-refractivity contribution in [3.8, 4) is 0 Å². The number of fused-ring (bicyclic) bond motifs is 1. The van der Waals surface area contributed by atoms with E-state index < -0.39 is 29.6 Å². The first-order chi connectivity index (χ1) is 21.3. The first-order valence-electron chi connectivity index (χ1n) is 16.5. The lowest BCUT2D eigenvalue weighted by atomic mass is 9.86. The Morgan fingerprint density at radius 1 is 1.00 bits per heavy atom. The maximum atomic E-state index is 13.0. The number of ether oxygens (including phenoxy) is 2. The van der Waals surface area contributed by atoms with Gasteiger partial charge in [0.25, 0.3) is 0 Å². The molecule has 6 nitrogen and oxygen atoms in total. The number of hydrogen-bond donors (Lipinski definition) is 1. The molecule has 1 atom stereocenters. The zero-order valence-electron chi connectivity index (χ0n) is 28.3. The summed E-state index contributed by atoms with van der Waals surface area (Å²) in [4.78, 5) is 25.8. The van der Waals surface area contributed by atoms with Gasteiger partial charge in [0, 0.05) is 22.8 Å². The normalized spacial score (nSPS) is 18.1. The number of allylic oxidation sites excluding steroid dienone is 1. The molecule has 45 heavy (non-hydrogen) atoms. The molecular weight excluding hydrogens is 564 g/mol. The molecule has 0 saturated carbocycles. The van der Waals surface area contributed by atoms with E-state index in [0.717, 1.165) is 43.1 Å². The van der Waals surface area contributed by atoms with Gasteiger partial charge in [-0.2, -0.15) is 0 Å². The van der Waals surface area contributed by atoms with Crippen molar-refractivity contribution >= 4 is 22.9 Å². The second kappa shape index (κ2) is 14.8. The van der Waals surface area contributed by atoms with Crippen LogP contribution in [0.4, 0.5) is 0 Å².